The van der Waals surface area contributed by atoms with E-state index in [2.05, 4.69) is 17.3 Å². The molecule has 2 aromatic rings. The van der Waals surface area contributed by atoms with E-state index in [0.29, 0.717) is 31.7 Å². The molecule has 9 heteroatoms. The number of carboxylic acid groups (broad SMARTS) is 1. The molecule has 200 valence electrons. The van der Waals surface area contributed by atoms with Gasteiger partial charge in [0.1, 0.15) is 5.75 Å². The van der Waals surface area contributed by atoms with Gasteiger partial charge in [0.25, 0.3) is 5.56 Å². The van der Waals surface area contributed by atoms with Crippen LogP contribution in [-0.4, -0.2) is 37.6 Å². The van der Waals surface area contributed by atoms with E-state index in [9.17, 15) is 19.5 Å². The van der Waals surface area contributed by atoms with Crippen LogP contribution in [0.3, 0.4) is 0 Å². The van der Waals surface area contributed by atoms with Crippen molar-refractivity contribution in [2.75, 3.05) is 11.9 Å². The summed E-state index contributed by atoms with van der Waals surface area (Å²) in [7, 11) is 1.48. The smallest absolute Gasteiger partial charge is 0.347 e. The van der Waals surface area contributed by atoms with Crippen molar-refractivity contribution in [3.63, 3.8) is 0 Å². The molecule has 0 aliphatic carbocycles. The van der Waals surface area contributed by atoms with E-state index in [1.54, 1.807) is 13.0 Å². The summed E-state index contributed by atoms with van der Waals surface area (Å²) in [5.74, 6) is -0.220. The van der Waals surface area contributed by atoms with Crippen molar-refractivity contribution in [2.45, 2.75) is 97.1 Å². The van der Waals surface area contributed by atoms with Crippen molar-refractivity contribution < 1.29 is 14.6 Å². The van der Waals surface area contributed by atoms with Crippen LogP contribution >= 0.6 is 0 Å². The van der Waals surface area contributed by atoms with Crippen LogP contribution in [0.4, 0.5) is 5.82 Å². The Labute approximate surface area is 213 Å². The number of aryl methyl sites for hydroxylation is 2. The summed E-state index contributed by atoms with van der Waals surface area (Å²) in [4.78, 5) is 36.5. The van der Waals surface area contributed by atoms with Gasteiger partial charge >= 0.3 is 11.7 Å². The van der Waals surface area contributed by atoms with Crippen LogP contribution in [0.2, 0.25) is 0 Å². The van der Waals surface area contributed by atoms with Crippen molar-refractivity contribution in [3.8, 4) is 5.75 Å². The quantitative estimate of drug-likeness (QED) is 0.309. The zero-order chi connectivity index (χ0) is 26.6. The van der Waals surface area contributed by atoms with Gasteiger partial charge in [-0.05, 0) is 56.7 Å². The van der Waals surface area contributed by atoms with Gasteiger partial charge in [0.2, 0.25) is 11.4 Å². The minimum Gasteiger partial charge on any atom is -0.478 e. The Bertz CT molecular complexity index is 1090. The molecule has 0 saturated carbocycles. The van der Waals surface area contributed by atoms with E-state index in [4.69, 9.17) is 4.74 Å². The predicted octanol–water partition coefficient (Wildman–Crippen LogP) is 4.37. The number of anilines is 1. The highest BCUT2D eigenvalue weighted by molar-refractivity contribution is 5.77. The zero-order valence-electron chi connectivity index (χ0n) is 22.2. The number of ether oxygens (including phenoxy) is 1. The van der Waals surface area contributed by atoms with Crippen LogP contribution in [0.5, 0.6) is 5.75 Å². The first-order chi connectivity index (χ1) is 17.2. The van der Waals surface area contributed by atoms with Gasteiger partial charge in [-0.15, -0.1) is 5.10 Å². The second-order valence-corrected chi connectivity index (χ2v) is 9.55. The van der Waals surface area contributed by atoms with Crippen LogP contribution in [0.15, 0.2) is 33.9 Å². The highest BCUT2D eigenvalue weighted by atomic mass is 16.5. The molecule has 0 fully saturated rings. The largest absolute Gasteiger partial charge is 0.478 e. The normalized spacial score (nSPS) is 12.8. The zero-order valence-corrected chi connectivity index (χ0v) is 22.2. The molecule has 0 amide bonds. The molecule has 0 saturated heterocycles. The predicted molar refractivity (Wildman–Crippen MR) is 142 cm³/mol. The van der Waals surface area contributed by atoms with Crippen molar-refractivity contribution in [1.29, 1.82) is 0 Å². The molecular weight excluding hydrogens is 460 g/mol. The Hall–Kier alpha value is -3.10. The number of rotatable bonds is 17. The lowest BCUT2D eigenvalue weighted by Crippen LogP contribution is -2.41. The van der Waals surface area contributed by atoms with Crippen LogP contribution in [-0.2, 0) is 24.8 Å². The molecule has 2 N–H and O–H groups in total. The third kappa shape index (κ3) is 8.53. The number of nitrogens with one attached hydrogen (secondary N) is 1. The topological polar surface area (TPSA) is 115 Å². The van der Waals surface area contributed by atoms with Crippen molar-refractivity contribution in [1.82, 2.24) is 14.3 Å². The number of hydrogen-bond donors (Lipinski definition) is 2. The standard InChI is InChI=1S/C27H42N4O5/c1-5-7-8-9-12-19-31-26(35)30(4)24(32)23(29-31)28-18-11-10-14-21-15-13-16-22(20-21)36-27(3,17-6-2)25(33)34/h13,15-16,20H,5-12,14,17-19H2,1-4H3,(H,28,29)(H,33,34). The molecule has 9 nitrogen and oxygen atoms in total. The highest BCUT2D eigenvalue weighted by Crippen LogP contribution is 2.24. The van der Waals surface area contributed by atoms with Crippen LogP contribution in [0.25, 0.3) is 0 Å². The van der Waals surface area contributed by atoms with E-state index >= 15 is 0 Å². The monoisotopic (exact) mass is 502 g/mol. The van der Waals surface area contributed by atoms with Crippen molar-refractivity contribution in [3.05, 3.63) is 50.7 Å². The Balaban J connectivity index is 1.89. The minimum atomic E-state index is -1.25. The molecule has 0 bridgehead atoms. The molecule has 0 spiro atoms. The third-order valence-corrected chi connectivity index (χ3v) is 6.31. The van der Waals surface area contributed by atoms with Gasteiger partial charge in [0.05, 0.1) is 0 Å². The number of benzene rings is 1. The van der Waals surface area contributed by atoms with Gasteiger partial charge in [-0.2, -0.15) is 0 Å². The Morgan fingerprint density at radius 1 is 1.08 bits per heavy atom. The fourth-order valence-electron chi connectivity index (χ4n) is 4.11. The first kappa shape index (κ1) is 29.1. The summed E-state index contributed by atoms with van der Waals surface area (Å²) in [5.41, 5.74) is -0.994. The summed E-state index contributed by atoms with van der Waals surface area (Å²) < 4.78 is 8.32. The minimum absolute atomic E-state index is 0.199. The summed E-state index contributed by atoms with van der Waals surface area (Å²) in [5, 5.41) is 16.9. The second-order valence-electron chi connectivity index (χ2n) is 9.55. The van der Waals surface area contributed by atoms with Crippen LogP contribution < -0.4 is 21.3 Å². The van der Waals surface area contributed by atoms with Gasteiger partial charge in [0.15, 0.2) is 0 Å². The fourth-order valence-corrected chi connectivity index (χ4v) is 4.11. The average molecular weight is 503 g/mol. The molecule has 1 aromatic carbocycles. The fraction of sp³-hybridized carbons (Fsp3) is 0.630. The van der Waals surface area contributed by atoms with Crippen LogP contribution in [0.1, 0.15) is 84.1 Å². The van der Waals surface area contributed by atoms with Gasteiger partial charge in [-0.3, -0.25) is 9.36 Å². The number of hydrogen-bond acceptors (Lipinski definition) is 6. The molecule has 1 aromatic heterocycles. The molecule has 36 heavy (non-hydrogen) atoms. The summed E-state index contributed by atoms with van der Waals surface area (Å²) >= 11 is 0. The maximum atomic E-state index is 12.5. The first-order valence-corrected chi connectivity index (χ1v) is 13.1. The SMILES string of the molecule is CCCCCCCn1nc(NCCCCc2cccc(OC(C)(CCC)C(=O)O)c2)c(=O)n(C)c1=O. The van der Waals surface area contributed by atoms with Gasteiger partial charge < -0.3 is 15.2 Å². The number of carbonyl (C=O) groups is 1. The van der Waals surface area contributed by atoms with E-state index in [0.717, 1.165) is 55.1 Å². The maximum Gasteiger partial charge on any atom is 0.347 e. The van der Waals surface area contributed by atoms with E-state index < -0.39 is 17.1 Å². The molecule has 0 aliphatic heterocycles. The molecule has 2 rings (SSSR count). The first-order valence-electron chi connectivity index (χ1n) is 13.1. The number of unbranched alkanes of at least 4 members (excludes halogenated alkanes) is 5. The molecule has 0 radical (unpaired) electrons. The number of aromatic nitrogens is 3. The Morgan fingerprint density at radius 2 is 1.83 bits per heavy atom. The van der Waals surface area contributed by atoms with Crippen molar-refractivity contribution in [2.24, 2.45) is 7.05 Å². The molecule has 0 aliphatic rings. The second kappa shape index (κ2) is 14.5. The Kier molecular flexibility index (Phi) is 11.7. The maximum absolute atomic E-state index is 12.5. The summed E-state index contributed by atoms with van der Waals surface area (Å²) in [6.45, 7) is 6.76. The van der Waals surface area contributed by atoms with E-state index in [1.165, 1.54) is 18.2 Å². The number of nitrogens with zero attached hydrogens (tertiary/aromatic N) is 3. The lowest BCUT2D eigenvalue weighted by molar-refractivity contribution is -0.154. The summed E-state index contributed by atoms with van der Waals surface area (Å²) in [6, 6.07) is 7.53. The van der Waals surface area contributed by atoms with Gasteiger partial charge in [-0.1, -0.05) is 58.1 Å². The molecule has 1 atom stereocenters. The lowest BCUT2D eigenvalue weighted by Gasteiger charge is -2.26. The van der Waals surface area contributed by atoms with Crippen LogP contribution in [0, 0.1) is 0 Å². The molecule has 1 unspecified atom stereocenters. The average Bonchev–Trinajstić information content (AvgIpc) is 2.84. The molecule has 1 heterocycles. The van der Waals surface area contributed by atoms with Gasteiger partial charge in [-0.25, -0.2) is 14.3 Å². The van der Waals surface area contributed by atoms with Gasteiger partial charge in [0, 0.05) is 20.1 Å². The Morgan fingerprint density at radius 3 is 2.53 bits per heavy atom. The number of carboxylic acids is 1. The van der Waals surface area contributed by atoms with E-state index in [-0.39, 0.29) is 11.5 Å². The highest BCUT2D eigenvalue weighted by Gasteiger charge is 2.34. The van der Waals surface area contributed by atoms with E-state index in [1.807, 2.05) is 25.1 Å². The lowest BCUT2D eigenvalue weighted by atomic mass is 10.0. The molecular formula is C27H42N4O5. The van der Waals surface area contributed by atoms with Crippen molar-refractivity contribution >= 4 is 11.8 Å². The third-order valence-electron chi connectivity index (χ3n) is 6.31. The number of aliphatic carboxylic acids is 1. The summed E-state index contributed by atoms with van der Waals surface area (Å²) in [6.07, 6.45) is 8.96.